The summed E-state index contributed by atoms with van der Waals surface area (Å²) in [5, 5.41) is 0. The monoisotopic (exact) mass is 584 g/mol. The van der Waals surface area contributed by atoms with E-state index in [2.05, 4.69) is 146 Å². The Bertz CT molecular complexity index is 1650. The predicted octanol–water partition coefficient (Wildman–Crippen LogP) is 9.07. The van der Waals surface area contributed by atoms with Crippen molar-refractivity contribution < 1.29 is 0 Å². The molecule has 6 nitrogen and oxygen atoms in total. The molecule has 2 aliphatic rings. The number of rotatable bonds is 5. The van der Waals surface area contributed by atoms with Crippen LogP contribution in [0, 0.1) is 0 Å². The number of aliphatic imine (C=N–C) groups is 2. The molecule has 44 heavy (non-hydrogen) atoms. The zero-order valence-electron chi connectivity index (χ0n) is 27.8. The maximum atomic E-state index is 5.10. The van der Waals surface area contributed by atoms with E-state index in [-0.39, 0.29) is 22.2 Å². The lowest BCUT2D eigenvalue weighted by molar-refractivity contribution is 0.338. The smallest absolute Gasteiger partial charge is 0.160 e. The second-order valence-corrected chi connectivity index (χ2v) is 14.1. The second-order valence-electron chi connectivity index (χ2n) is 14.1. The minimum Gasteiger partial charge on any atom is -0.322 e. The summed E-state index contributed by atoms with van der Waals surface area (Å²) in [5.41, 5.74) is 6.47. The van der Waals surface area contributed by atoms with Crippen LogP contribution >= 0.6 is 0 Å². The lowest BCUT2D eigenvalue weighted by Crippen LogP contribution is -2.52. The summed E-state index contributed by atoms with van der Waals surface area (Å²) in [6, 6.07) is 29.7. The largest absolute Gasteiger partial charge is 0.322 e. The first kappa shape index (κ1) is 29.7. The Kier molecular flexibility index (Phi) is 6.84. The van der Waals surface area contributed by atoms with E-state index in [1.165, 1.54) is 0 Å². The van der Waals surface area contributed by atoms with Gasteiger partial charge in [-0.2, -0.15) is 0 Å². The molecular formula is C38H44N6. The number of aromatic nitrogens is 2. The van der Waals surface area contributed by atoms with Gasteiger partial charge in [0.15, 0.2) is 5.82 Å². The van der Waals surface area contributed by atoms with Crippen molar-refractivity contribution >= 4 is 23.0 Å². The SMILES string of the molecule is CC1=NC(C)(C)C(C)(C)N1c1ccc(-c2cc(-c3ccccc3)nc(-c3ccc(N4C(C)=NC(C)(C)C4(C)C)cc3)n2)cc1. The summed E-state index contributed by atoms with van der Waals surface area (Å²) in [5.74, 6) is 2.77. The van der Waals surface area contributed by atoms with Crippen LogP contribution < -0.4 is 9.80 Å². The fourth-order valence-corrected chi connectivity index (χ4v) is 6.58. The Labute approximate surface area is 262 Å². The molecule has 0 aliphatic carbocycles. The molecule has 3 aromatic carbocycles. The van der Waals surface area contributed by atoms with Crippen molar-refractivity contribution in [3.8, 4) is 33.9 Å². The van der Waals surface area contributed by atoms with Crippen molar-refractivity contribution in [3.63, 3.8) is 0 Å². The van der Waals surface area contributed by atoms with E-state index in [1.54, 1.807) is 0 Å². The fourth-order valence-electron chi connectivity index (χ4n) is 6.58. The van der Waals surface area contributed by atoms with Crippen molar-refractivity contribution in [1.82, 2.24) is 9.97 Å². The first-order valence-electron chi connectivity index (χ1n) is 15.5. The molecule has 0 spiro atoms. The van der Waals surface area contributed by atoms with E-state index in [0.29, 0.717) is 5.82 Å². The summed E-state index contributed by atoms with van der Waals surface area (Å²) in [4.78, 5) is 24.7. The molecule has 0 bridgehead atoms. The van der Waals surface area contributed by atoms with Gasteiger partial charge >= 0.3 is 0 Å². The number of amidine groups is 2. The van der Waals surface area contributed by atoms with E-state index in [9.17, 15) is 0 Å². The molecule has 3 heterocycles. The molecule has 4 aromatic rings. The third-order valence-corrected chi connectivity index (χ3v) is 10.2. The maximum absolute atomic E-state index is 5.10. The average Bonchev–Trinajstić information content (AvgIpc) is 3.25. The quantitative estimate of drug-likeness (QED) is 0.235. The highest BCUT2D eigenvalue weighted by Crippen LogP contribution is 2.42. The molecular weight excluding hydrogens is 540 g/mol. The van der Waals surface area contributed by atoms with E-state index < -0.39 is 0 Å². The van der Waals surface area contributed by atoms with Crippen LogP contribution in [0.1, 0.15) is 69.2 Å². The predicted molar refractivity (Wildman–Crippen MR) is 186 cm³/mol. The Balaban J connectivity index is 1.38. The Morgan fingerprint density at radius 2 is 0.864 bits per heavy atom. The molecule has 2 aliphatic heterocycles. The first-order chi connectivity index (χ1) is 20.6. The Hall–Kier alpha value is -4.32. The summed E-state index contributed by atoms with van der Waals surface area (Å²) < 4.78 is 0. The molecule has 0 radical (unpaired) electrons. The number of anilines is 2. The van der Waals surface area contributed by atoms with Gasteiger partial charge in [-0.25, -0.2) is 9.97 Å². The summed E-state index contributed by atoms with van der Waals surface area (Å²) >= 11 is 0. The molecule has 0 amide bonds. The lowest BCUT2D eigenvalue weighted by Gasteiger charge is -2.41. The normalized spacial score (nSPS) is 19.6. The van der Waals surface area contributed by atoms with Gasteiger partial charge in [0.05, 0.1) is 33.5 Å². The maximum Gasteiger partial charge on any atom is 0.160 e. The molecule has 6 rings (SSSR count). The Morgan fingerprint density at radius 1 is 0.477 bits per heavy atom. The summed E-state index contributed by atoms with van der Waals surface area (Å²) in [6.07, 6.45) is 0. The zero-order chi connectivity index (χ0) is 31.7. The highest BCUT2D eigenvalue weighted by Gasteiger charge is 2.49. The van der Waals surface area contributed by atoms with Gasteiger partial charge in [0.1, 0.15) is 11.7 Å². The van der Waals surface area contributed by atoms with E-state index in [4.69, 9.17) is 20.0 Å². The minimum atomic E-state index is -0.181. The number of nitrogens with zero attached hydrogens (tertiary/aromatic N) is 6. The molecule has 0 N–H and O–H groups in total. The molecule has 6 heteroatoms. The first-order valence-corrected chi connectivity index (χ1v) is 15.5. The molecule has 0 saturated carbocycles. The van der Waals surface area contributed by atoms with E-state index >= 15 is 0 Å². The number of hydrogen-bond donors (Lipinski definition) is 0. The van der Waals surface area contributed by atoms with Gasteiger partial charge in [-0.3, -0.25) is 9.98 Å². The Morgan fingerprint density at radius 3 is 1.25 bits per heavy atom. The molecule has 226 valence electrons. The topological polar surface area (TPSA) is 57.0 Å². The van der Waals surface area contributed by atoms with Crippen LogP contribution in [0.2, 0.25) is 0 Å². The van der Waals surface area contributed by atoms with Gasteiger partial charge < -0.3 is 9.80 Å². The third-order valence-electron chi connectivity index (χ3n) is 10.2. The van der Waals surface area contributed by atoms with Crippen molar-refractivity contribution in [2.45, 2.75) is 91.4 Å². The van der Waals surface area contributed by atoms with Crippen molar-refractivity contribution in [2.24, 2.45) is 9.98 Å². The molecule has 0 unspecified atom stereocenters. The fraction of sp³-hybridized carbons (Fsp3) is 0.368. The van der Waals surface area contributed by atoms with Gasteiger partial charge in [-0.15, -0.1) is 0 Å². The van der Waals surface area contributed by atoms with Crippen LogP contribution in [0.4, 0.5) is 11.4 Å². The average molecular weight is 585 g/mol. The third kappa shape index (κ3) is 4.72. The van der Waals surface area contributed by atoms with Crippen LogP contribution in [0.5, 0.6) is 0 Å². The number of benzene rings is 3. The highest BCUT2D eigenvalue weighted by molar-refractivity contribution is 6.01. The molecule has 0 fully saturated rings. The summed E-state index contributed by atoms with van der Waals surface area (Å²) in [7, 11) is 0. The van der Waals surface area contributed by atoms with Crippen LogP contribution in [0.25, 0.3) is 33.9 Å². The van der Waals surface area contributed by atoms with Crippen LogP contribution in [-0.4, -0.2) is 43.8 Å². The molecule has 0 atom stereocenters. The van der Waals surface area contributed by atoms with Gasteiger partial charge in [0, 0.05) is 28.1 Å². The van der Waals surface area contributed by atoms with Crippen molar-refractivity contribution in [3.05, 3.63) is 84.9 Å². The number of hydrogen-bond acceptors (Lipinski definition) is 6. The molecule has 1 aromatic heterocycles. The van der Waals surface area contributed by atoms with Crippen molar-refractivity contribution in [1.29, 1.82) is 0 Å². The van der Waals surface area contributed by atoms with Crippen LogP contribution in [0.15, 0.2) is 94.9 Å². The standard InChI is InChI=1S/C38H44N6/c1-25-41-35(3,4)37(7,8)43(25)30-20-16-28(17-21-30)33-24-32(27-14-12-11-13-15-27)39-34(40-33)29-18-22-31(23-19-29)44-26(2)42-36(5,6)38(44,9)10/h11-24H,1-10H3. The lowest BCUT2D eigenvalue weighted by atomic mass is 9.83. The summed E-state index contributed by atoms with van der Waals surface area (Å²) in [6.45, 7) is 22.0. The van der Waals surface area contributed by atoms with Crippen molar-refractivity contribution in [2.75, 3.05) is 9.80 Å². The van der Waals surface area contributed by atoms with E-state index in [0.717, 1.165) is 51.1 Å². The van der Waals surface area contributed by atoms with Crippen LogP contribution in [-0.2, 0) is 0 Å². The van der Waals surface area contributed by atoms with Gasteiger partial charge in [-0.1, -0.05) is 42.5 Å². The van der Waals surface area contributed by atoms with Gasteiger partial charge in [0.25, 0.3) is 0 Å². The van der Waals surface area contributed by atoms with E-state index in [1.807, 2.05) is 18.2 Å². The zero-order valence-corrected chi connectivity index (χ0v) is 27.8. The van der Waals surface area contributed by atoms with Gasteiger partial charge in [-0.05, 0) is 112 Å². The highest BCUT2D eigenvalue weighted by atomic mass is 15.3. The molecule has 0 saturated heterocycles. The van der Waals surface area contributed by atoms with Gasteiger partial charge in [0.2, 0.25) is 0 Å². The second kappa shape index (κ2) is 10.1. The van der Waals surface area contributed by atoms with Crippen LogP contribution in [0.3, 0.4) is 0 Å². The minimum absolute atomic E-state index is 0.141.